The van der Waals surface area contributed by atoms with Gasteiger partial charge >= 0.3 is 0 Å². The largest absolute Gasteiger partial charge is 0.433 e. The highest BCUT2D eigenvalue weighted by atomic mass is 16.5. The number of carbonyl (C=O) groups excluding carboxylic acids is 2. The molecule has 0 saturated heterocycles. The van der Waals surface area contributed by atoms with Crippen LogP contribution in [0.4, 0.5) is 0 Å². The lowest BCUT2D eigenvalue weighted by Gasteiger charge is -2.18. The standard InChI is InChI=1S/C16H25NO3.2C2H6/c1-4-15(18)6-5-11-20-12-13(2)9-10-17-14(3)7-8-16(17)19;2*1-2/h7-8,13H,3-6,9-12H2,1-2H3;2*1-2H3/p+1. The number of ether oxygens (including phenoxy) is 1. The van der Waals surface area contributed by atoms with Crippen LogP contribution in [0.2, 0.25) is 0 Å². The first kappa shape index (κ1) is 24.8. The van der Waals surface area contributed by atoms with Crippen LogP contribution in [0.1, 0.15) is 67.2 Å². The second kappa shape index (κ2) is 16.4. The summed E-state index contributed by atoms with van der Waals surface area (Å²) in [5.41, 5.74) is 0.775. The fraction of sp³-hybridized carbons (Fsp3) is 0.700. The Bertz CT molecular complexity index is 370. The van der Waals surface area contributed by atoms with Crippen molar-refractivity contribution in [3.8, 4) is 0 Å². The molecule has 1 aliphatic rings. The average Bonchev–Trinajstić information content (AvgIpc) is 2.94. The third kappa shape index (κ3) is 11.2. The third-order valence-corrected chi connectivity index (χ3v) is 3.48. The zero-order valence-corrected chi connectivity index (χ0v) is 16.6. The number of carbonyl (C=O) groups is 2. The van der Waals surface area contributed by atoms with Crippen molar-refractivity contribution in [2.75, 3.05) is 19.8 Å². The molecular formula is C20H38NO3+. The van der Waals surface area contributed by atoms with Gasteiger partial charge in [0, 0.05) is 43.5 Å². The van der Waals surface area contributed by atoms with Gasteiger partial charge in [0.15, 0.2) is 0 Å². The van der Waals surface area contributed by atoms with Gasteiger partial charge in [-0.2, -0.15) is 0 Å². The van der Waals surface area contributed by atoms with E-state index in [0.717, 1.165) is 31.8 Å². The lowest BCUT2D eigenvalue weighted by molar-refractivity contribution is -0.123. The zero-order valence-electron chi connectivity index (χ0n) is 16.6. The van der Waals surface area contributed by atoms with E-state index in [4.69, 9.17) is 0 Å². The van der Waals surface area contributed by atoms with Gasteiger partial charge in [-0.15, -0.1) is 0 Å². The lowest BCUT2D eigenvalue weighted by Crippen LogP contribution is -2.27. The minimum absolute atomic E-state index is 0.0252. The van der Waals surface area contributed by atoms with Crippen molar-refractivity contribution < 1.29 is 14.3 Å². The highest BCUT2D eigenvalue weighted by Gasteiger charge is 2.19. The fourth-order valence-electron chi connectivity index (χ4n) is 2.06. The van der Waals surface area contributed by atoms with E-state index in [2.05, 4.69) is 18.2 Å². The van der Waals surface area contributed by atoms with Crippen LogP contribution in [0.15, 0.2) is 24.4 Å². The molecule has 0 aliphatic carbocycles. The number of amides is 1. The molecule has 0 fully saturated rings. The van der Waals surface area contributed by atoms with Gasteiger partial charge in [-0.3, -0.25) is 9.59 Å². The maximum Gasteiger partial charge on any atom is 0.251 e. The van der Waals surface area contributed by atoms with Gasteiger partial charge < -0.3 is 9.64 Å². The Balaban J connectivity index is 0. The van der Waals surface area contributed by atoms with E-state index >= 15 is 0 Å². The topological polar surface area (TPSA) is 50.2 Å². The molecule has 1 rings (SSSR count). The fourth-order valence-corrected chi connectivity index (χ4v) is 2.06. The molecule has 4 nitrogen and oxygen atoms in total. The Labute approximate surface area is 148 Å². The van der Waals surface area contributed by atoms with Crippen LogP contribution in [0.5, 0.6) is 0 Å². The number of nitrogens with zero attached hydrogens (tertiary/aromatic N) is 1. The molecule has 1 N–H and O–H groups in total. The van der Waals surface area contributed by atoms with Crippen molar-refractivity contribution in [3.05, 3.63) is 24.4 Å². The summed E-state index contributed by atoms with van der Waals surface area (Å²) < 4.78 is 4.47. The van der Waals surface area contributed by atoms with Crippen molar-refractivity contribution in [2.45, 2.75) is 67.2 Å². The Kier molecular flexibility index (Phi) is 17.0. The summed E-state index contributed by atoms with van der Waals surface area (Å²) in [7, 11) is 0. The smallest absolute Gasteiger partial charge is 0.251 e. The summed E-state index contributed by atoms with van der Waals surface area (Å²) in [6, 6.07) is 0. The molecule has 0 aromatic rings. The van der Waals surface area contributed by atoms with E-state index in [-0.39, 0.29) is 5.91 Å². The molecule has 1 amide bonds. The predicted molar refractivity (Wildman–Crippen MR) is 103 cm³/mol. The van der Waals surface area contributed by atoms with Crippen LogP contribution in [0.25, 0.3) is 0 Å². The molecule has 0 aromatic heterocycles. The molecule has 0 aromatic carbocycles. The van der Waals surface area contributed by atoms with Crippen molar-refractivity contribution >= 4 is 11.7 Å². The number of rotatable bonds is 10. The monoisotopic (exact) mass is 340 g/mol. The molecule has 4 heteroatoms. The molecular weight excluding hydrogens is 302 g/mol. The molecule has 1 aliphatic heterocycles. The van der Waals surface area contributed by atoms with E-state index in [1.807, 2.05) is 34.6 Å². The van der Waals surface area contributed by atoms with E-state index < -0.39 is 0 Å². The van der Waals surface area contributed by atoms with E-state index in [1.54, 1.807) is 17.1 Å². The molecule has 1 heterocycles. The van der Waals surface area contributed by atoms with Crippen LogP contribution in [0, 0.1) is 5.92 Å². The number of hydrogen-bond donors (Lipinski definition) is 0. The number of ketones is 1. The number of hydrogen-bond acceptors (Lipinski definition) is 2. The molecule has 1 atom stereocenters. The summed E-state index contributed by atoms with van der Waals surface area (Å²) in [6.45, 7) is 18.1. The molecule has 1 unspecified atom stereocenters. The predicted octanol–water partition coefficient (Wildman–Crippen LogP) is 4.26. The van der Waals surface area contributed by atoms with Gasteiger partial charge in [0.2, 0.25) is 0 Å². The van der Waals surface area contributed by atoms with Crippen LogP contribution >= 0.6 is 0 Å². The van der Waals surface area contributed by atoms with Gasteiger partial charge in [-0.05, 0) is 12.5 Å². The van der Waals surface area contributed by atoms with Crippen molar-refractivity contribution in [2.24, 2.45) is 5.92 Å². The van der Waals surface area contributed by atoms with Crippen LogP contribution in [-0.2, 0) is 9.59 Å². The first-order valence-electron chi connectivity index (χ1n) is 9.38. The van der Waals surface area contributed by atoms with Crippen molar-refractivity contribution in [1.29, 1.82) is 0 Å². The molecule has 24 heavy (non-hydrogen) atoms. The molecule has 0 bridgehead atoms. The summed E-state index contributed by atoms with van der Waals surface area (Å²) >= 11 is 0. The minimum atomic E-state index is 0.0252. The summed E-state index contributed by atoms with van der Waals surface area (Å²) in [5, 5.41) is 0. The first-order valence-corrected chi connectivity index (χ1v) is 9.38. The van der Waals surface area contributed by atoms with Crippen molar-refractivity contribution in [3.63, 3.8) is 0 Å². The molecule has 140 valence electrons. The van der Waals surface area contributed by atoms with Crippen LogP contribution < -0.4 is 0 Å². The zero-order chi connectivity index (χ0) is 19.0. The number of aliphatic hydroxyl groups is 2. The summed E-state index contributed by atoms with van der Waals surface area (Å²) in [4.78, 5) is 24.3. The Morgan fingerprint density at radius 1 is 1.25 bits per heavy atom. The minimum Gasteiger partial charge on any atom is -0.433 e. The quantitative estimate of drug-likeness (QED) is 0.440. The molecule has 0 radical (unpaired) electrons. The Hall–Kier alpha value is -1.42. The average molecular weight is 341 g/mol. The molecule has 0 saturated carbocycles. The summed E-state index contributed by atoms with van der Waals surface area (Å²) in [6.07, 6.45) is 6.35. The van der Waals surface area contributed by atoms with Crippen LogP contribution in [0.3, 0.4) is 0 Å². The van der Waals surface area contributed by atoms with Gasteiger partial charge in [-0.25, -0.2) is 0 Å². The van der Waals surface area contributed by atoms with Crippen LogP contribution in [-0.4, -0.2) is 41.1 Å². The van der Waals surface area contributed by atoms with Gasteiger partial charge in [0.25, 0.3) is 5.91 Å². The highest BCUT2D eigenvalue weighted by Crippen LogP contribution is 2.15. The number of Topliss-reactive ketones (excluding diaryl/α,β-unsaturated/α-hetero) is 1. The van der Waals surface area contributed by atoms with Gasteiger partial charge in [-0.1, -0.05) is 48.1 Å². The maximum absolute atomic E-state index is 11.5. The third-order valence-electron chi connectivity index (χ3n) is 3.48. The van der Waals surface area contributed by atoms with Gasteiger partial charge in [0.1, 0.15) is 19.0 Å². The highest BCUT2D eigenvalue weighted by molar-refractivity contribution is 5.92. The van der Waals surface area contributed by atoms with E-state index in [9.17, 15) is 9.59 Å². The van der Waals surface area contributed by atoms with Gasteiger partial charge in [0.05, 0.1) is 0 Å². The normalized spacial score (nSPS) is 13.8. The van der Waals surface area contributed by atoms with E-state index in [0.29, 0.717) is 31.1 Å². The Morgan fingerprint density at radius 3 is 2.38 bits per heavy atom. The first-order chi connectivity index (χ1) is 11.5. The maximum atomic E-state index is 11.5. The Morgan fingerprint density at radius 2 is 1.88 bits per heavy atom. The lowest BCUT2D eigenvalue weighted by atomic mass is 10.1. The molecule has 0 spiro atoms. The second-order valence-electron chi connectivity index (χ2n) is 5.33. The van der Waals surface area contributed by atoms with Crippen molar-refractivity contribution in [1.82, 2.24) is 4.90 Å². The number of allylic oxidation sites excluding steroid dienone is 1. The SMILES string of the molecule is C=C1C=CC(=O)N1CCC(C)C[OH+]CCCC(=O)CC.CC.CC. The summed E-state index contributed by atoms with van der Waals surface area (Å²) in [5.74, 6) is 0.780. The second-order valence-corrected chi connectivity index (χ2v) is 5.33. The van der Waals surface area contributed by atoms with E-state index in [1.165, 1.54) is 0 Å².